The van der Waals surface area contributed by atoms with E-state index in [1.54, 1.807) is 19.2 Å². The molecule has 0 unspecified atom stereocenters. The summed E-state index contributed by atoms with van der Waals surface area (Å²) < 4.78 is 32.4. The summed E-state index contributed by atoms with van der Waals surface area (Å²) in [5, 5.41) is 0. The van der Waals surface area contributed by atoms with Crippen LogP contribution in [0.1, 0.15) is 31.2 Å². The van der Waals surface area contributed by atoms with Gasteiger partial charge in [0.2, 0.25) is 5.91 Å². The zero-order valence-corrected chi connectivity index (χ0v) is 14.8. The Kier molecular flexibility index (Phi) is 5.69. The first-order valence-electron chi connectivity index (χ1n) is 8.95. The lowest BCUT2D eigenvalue weighted by Crippen LogP contribution is -2.45. The number of methoxy groups -OCH3 is 1. The third-order valence-corrected chi connectivity index (χ3v) is 5.48. The van der Waals surface area contributed by atoms with Gasteiger partial charge in [0.25, 0.3) is 0 Å². The Bertz CT molecular complexity index is 625. The number of ether oxygens (including phenoxy) is 1. The van der Waals surface area contributed by atoms with Crippen molar-refractivity contribution in [1.82, 2.24) is 9.80 Å². The van der Waals surface area contributed by atoms with E-state index in [0.29, 0.717) is 25.1 Å². The van der Waals surface area contributed by atoms with Gasteiger partial charge in [-0.3, -0.25) is 9.69 Å². The van der Waals surface area contributed by atoms with Crippen molar-refractivity contribution < 1.29 is 18.3 Å². The smallest absolute Gasteiger partial charge is 0.224 e. The molecule has 2 aliphatic rings. The zero-order valence-electron chi connectivity index (χ0n) is 14.8. The standard InChI is InChI=1S/C19H26F2N2O2/c1-25-11-6-17(24)23-10-8-19(14-23)7-3-9-22(13-19)12-15-4-2-5-16(20)18(15)21/h2,4-5H,3,6-14H2,1H3/t19-/m0/s1. The Labute approximate surface area is 147 Å². The molecule has 0 N–H and O–H groups in total. The van der Waals surface area contributed by atoms with E-state index in [-0.39, 0.29) is 11.3 Å². The van der Waals surface area contributed by atoms with Gasteiger partial charge in [0.1, 0.15) is 0 Å². The first-order valence-corrected chi connectivity index (χ1v) is 8.95. The highest BCUT2D eigenvalue weighted by Crippen LogP contribution is 2.39. The fraction of sp³-hybridized carbons (Fsp3) is 0.632. The lowest BCUT2D eigenvalue weighted by Gasteiger charge is -2.40. The van der Waals surface area contributed by atoms with Gasteiger partial charge in [-0.2, -0.15) is 0 Å². The predicted octanol–water partition coefficient (Wildman–Crippen LogP) is 2.82. The fourth-order valence-electron chi connectivity index (χ4n) is 4.19. The molecular formula is C19H26F2N2O2. The van der Waals surface area contributed by atoms with Crippen LogP contribution >= 0.6 is 0 Å². The van der Waals surface area contributed by atoms with Crippen molar-refractivity contribution in [3.8, 4) is 0 Å². The van der Waals surface area contributed by atoms with Crippen molar-refractivity contribution in [2.24, 2.45) is 5.41 Å². The van der Waals surface area contributed by atoms with Gasteiger partial charge in [-0.15, -0.1) is 0 Å². The molecule has 0 bridgehead atoms. The monoisotopic (exact) mass is 352 g/mol. The first kappa shape index (κ1) is 18.3. The number of benzene rings is 1. The van der Waals surface area contributed by atoms with E-state index in [4.69, 9.17) is 4.74 Å². The minimum absolute atomic E-state index is 0.0881. The van der Waals surface area contributed by atoms with Gasteiger partial charge < -0.3 is 9.64 Å². The van der Waals surface area contributed by atoms with E-state index < -0.39 is 11.6 Å². The number of piperidine rings is 1. The molecule has 0 aliphatic carbocycles. The van der Waals surface area contributed by atoms with Gasteiger partial charge in [-0.05, 0) is 31.9 Å². The summed E-state index contributed by atoms with van der Waals surface area (Å²) in [7, 11) is 1.60. The number of amides is 1. The second-order valence-electron chi connectivity index (χ2n) is 7.34. The van der Waals surface area contributed by atoms with Gasteiger partial charge in [0.15, 0.2) is 11.6 Å². The quantitative estimate of drug-likeness (QED) is 0.817. The Morgan fingerprint density at radius 2 is 2.08 bits per heavy atom. The molecular weight excluding hydrogens is 326 g/mol. The summed E-state index contributed by atoms with van der Waals surface area (Å²) in [6.45, 7) is 4.13. The maximum atomic E-state index is 13.9. The minimum atomic E-state index is -0.792. The van der Waals surface area contributed by atoms with Crippen LogP contribution in [-0.2, 0) is 16.1 Å². The minimum Gasteiger partial charge on any atom is -0.384 e. The summed E-state index contributed by atoms with van der Waals surface area (Å²) >= 11 is 0. The zero-order chi connectivity index (χ0) is 17.9. The summed E-state index contributed by atoms with van der Waals surface area (Å²) in [5.74, 6) is -1.39. The van der Waals surface area contributed by atoms with Gasteiger partial charge in [-0.25, -0.2) is 8.78 Å². The van der Waals surface area contributed by atoms with Crippen LogP contribution in [0.15, 0.2) is 18.2 Å². The molecule has 1 aromatic rings. The molecule has 138 valence electrons. The maximum absolute atomic E-state index is 13.9. The fourth-order valence-corrected chi connectivity index (χ4v) is 4.19. The van der Waals surface area contributed by atoms with E-state index in [0.717, 1.165) is 51.5 Å². The van der Waals surface area contributed by atoms with Gasteiger partial charge >= 0.3 is 0 Å². The molecule has 2 fully saturated rings. The van der Waals surface area contributed by atoms with E-state index in [2.05, 4.69) is 4.90 Å². The van der Waals surface area contributed by atoms with Gasteiger partial charge in [0, 0.05) is 44.3 Å². The molecule has 1 amide bonds. The number of likely N-dealkylation sites (tertiary alicyclic amines) is 2. The largest absolute Gasteiger partial charge is 0.384 e. The summed E-state index contributed by atoms with van der Waals surface area (Å²) in [5.41, 5.74) is 0.494. The molecule has 6 heteroatoms. The molecule has 2 saturated heterocycles. The number of hydrogen-bond acceptors (Lipinski definition) is 3. The highest BCUT2D eigenvalue weighted by molar-refractivity contribution is 5.76. The van der Waals surface area contributed by atoms with E-state index in [1.807, 2.05) is 4.90 Å². The van der Waals surface area contributed by atoms with Crippen LogP contribution in [0.25, 0.3) is 0 Å². The summed E-state index contributed by atoms with van der Waals surface area (Å²) in [6.07, 6.45) is 3.51. The van der Waals surface area contributed by atoms with Crippen LogP contribution in [0.4, 0.5) is 8.78 Å². The van der Waals surface area contributed by atoms with E-state index in [9.17, 15) is 13.6 Å². The number of rotatable bonds is 5. The molecule has 1 aromatic carbocycles. The van der Waals surface area contributed by atoms with E-state index >= 15 is 0 Å². The second-order valence-corrected chi connectivity index (χ2v) is 7.34. The molecule has 0 aromatic heterocycles. The Hall–Kier alpha value is -1.53. The van der Waals surface area contributed by atoms with Crippen LogP contribution in [0.3, 0.4) is 0 Å². The van der Waals surface area contributed by atoms with Crippen molar-refractivity contribution in [3.05, 3.63) is 35.4 Å². The summed E-state index contributed by atoms with van der Waals surface area (Å²) in [6, 6.07) is 4.35. The number of halogens is 2. The Balaban J connectivity index is 1.61. The lowest BCUT2D eigenvalue weighted by atomic mass is 9.79. The highest BCUT2D eigenvalue weighted by Gasteiger charge is 2.42. The Morgan fingerprint density at radius 3 is 2.88 bits per heavy atom. The summed E-state index contributed by atoms with van der Waals surface area (Å²) in [4.78, 5) is 16.4. The molecule has 3 rings (SSSR count). The number of nitrogens with zero attached hydrogens (tertiary/aromatic N) is 2. The van der Waals surface area contributed by atoms with Crippen molar-refractivity contribution in [3.63, 3.8) is 0 Å². The van der Waals surface area contributed by atoms with Gasteiger partial charge in [0.05, 0.1) is 13.0 Å². The average molecular weight is 352 g/mol. The molecule has 2 aliphatic heterocycles. The van der Waals surface area contributed by atoms with Crippen molar-refractivity contribution >= 4 is 5.91 Å². The van der Waals surface area contributed by atoms with E-state index in [1.165, 1.54) is 0 Å². The highest BCUT2D eigenvalue weighted by atomic mass is 19.2. The number of hydrogen-bond donors (Lipinski definition) is 0. The van der Waals surface area contributed by atoms with Crippen molar-refractivity contribution in [2.75, 3.05) is 39.9 Å². The topological polar surface area (TPSA) is 32.8 Å². The third-order valence-electron chi connectivity index (χ3n) is 5.48. The maximum Gasteiger partial charge on any atom is 0.224 e. The third kappa shape index (κ3) is 4.18. The number of carbonyl (C=O) groups is 1. The van der Waals surface area contributed by atoms with Crippen LogP contribution in [0.2, 0.25) is 0 Å². The molecule has 4 nitrogen and oxygen atoms in total. The predicted molar refractivity (Wildman–Crippen MR) is 91.0 cm³/mol. The van der Waals surface area contributed by atoms with Crippen LogP contribution in [-0.4, -0.2) is 55.6 Å². The van der Waals surface area contributed by atoms with Crippen LogP contribution in [0.5, 0.6) is 0 Å². The van der Waals surface area contributed by atoms with Crippen molar-refractivity contribution in [2.45, 2.75) is 32.2 Å². The lowest BCUT2D eigenvalue weighted by molar-refractivity contribution is -0.131. The molecule has 1 spiro atoms. The van der Waals surface area contributed by atoms with Crippen LogP contribution in [0, 0.1) is 17.0 Å². The van der Waals surface area contributed by atoms with Crippen molar-refractivity contribution in [1.29, 1.82) is 0 Å². The van der Waals surface area contributed by atoms with Crippen LogP contribution < -0.4 is 0 Å². The Morgan fingerprint density at radius 1 is 1.24 bits per heavy atom. The molecule has 25 heavy (non-hydrogen) atoms. The average Bonchev–Trinajstić information content (AvgIpc) is 3.00. The van der Waals surface area contributed by atoms with Gasteiger partial charge in [-0.1, -0.05) is 12.1 Å². The molecule has 2 heterocycles. The molecule has 0 radical (unpaired) electrons. The number of carbonyl (C=O) groups excluding carboxylic acids is 1. The molecule has 1 atom stereocenters. The first-order chi connectivity index (χ1) is 12.0. The molecule has 0 saturated carbocycles. The second kappa shape index (κ2) is 7.79. The normalized spacial score (nSPS) is 24.2. The SMILES string of the molecule is COCCC(=O)N1CC[C@]2(CCCN(Cc3cccc(F)c3F)C2)C1.